The number of aliphatic hydroxyl groups is 1. The summed E-state index contributed by atoms with van der Waals surface area (Å²) in [6.07, 6.45) is 4.47. The summed E-state index contributed by atoms with van der Waals surface area (Å²) >= 11 is 0. The Hall–Kier alpha value is -4.05. The lowest BCUT2D eigenvalue weighted by atomic mass is 9.99. The molecule has 0 bridgehead atoms. The quantitative estimate of drug-likeness (QED) is 0.527. The predicted octanol–water partition coefficient (Wildman–Crippen LogP) is 3.67. The van der Waals surface area contributed by atoms with E-state index in [1.165, 1.54) is 29.2 Å². The molecule has 1 aromatic carbocycles. The highest BCUT2D eigenvalue weighted by Gasteiger charge is 2.34. The summed E-state index contributed by atoms with van der Waals surface area (Å²) < 4.78 is 19.4. The molecule has 1 aliphatic heterocycles. The number of hydrogen-bond acceptors (Lipinski definition) is 6. The average Bonchev–Trinajstić information content (AvgIpc) is 2.91. The molecule has 2 N–H and O–H groups in total. The van der Waals surface area contributed by atoms with E-state index in [1.54, 1.807) is 49.6 Å². The molecular formula is C27H30FN5O4. The van der Waals surface area contributed by atoms with Crippen molar-refractivity contribution in [2.75, 3.05) is 32.1 Å². The van der Waals surface area contributed by atoms with Crippen LogP contribution in [0.2, 0.25) is 0 Å². The third-order valence-corrected chi connectivity index (χ3v) is 6.41. The molecule has 0 unspecified atom stereocenters. The smallest absolute Gasteiger partial charge is 0.321 e. The van der Waals surface area contributed by atoms with E-state index in [-0.39, 0.29) is 42.5 Å². The summed E-state index contributed by atoms with van der Waals surface area (Å²) in [6.45, 7) is 4.03. The molecule has 0 fully saturated rings. The van der Waals surface area contributed by atoms with Crippen molar-refractivity contribution < 1.29 is 23.8 Å². The van der Waals surface area contributed by atoms with Crippen molar-refractivity contribution in [3.63, 3.8) is 0 Å². The highest BCUT2D eigenvalue weighted by atomic mass is 19.1. The van der Waals surface area contributed by atoms with Gasteiger partial charge in [-0.05, 0) is 43.3 Å². The molecule has 37 heavy (non-hydrogen) atoms. The van der Waals surface area contributed by atoms with Crippen LogP contribution < -0.4 is 10.1 Å². The molecule has 1 aliphatic rings. The second-order valence-corrected chi connectivity index (χ2v) is 9.26. The van der Waals surface area contributed by atoms with Crippen LogP contribution in [0.3, 0.4) is 0 Å². The largest absolute Gasteiger partial charge is 0.472 e. The van der Waals surface area contributed by atoms with Gasteiger partial charge in [0, 0.05) is 54.9 Å². The predicted molar refractivity (Wildman–Crippen MR) is 137 cm³/mol. The number of aromatic nitrogens is 2. The SMILES string of the molecule is C[C@@H]1CN([C@H](C)CO)C(=O)c2cc(-c3cccnc3)cnc2O[C@H]1CN(C)C(=O)Nc1ccc(F)cc1. The number of carbonyl (C=O) groups is 2. The Bertz CT molecular complexity index is 1240. The third-order valence-electron chi connectivity index (χ3n) is 6.41. The fourth-order valence-corrected chi connectivity index (χ4v) is 4.12. The normalized spacial score (nSPS) is 18.2. The number of aliphatic hydroxyl groups excluding tert-OH is 1. The van der Waals surface area contributed by atoms with Gasteiger partial charge < -0.3 is 25.0 Å². The van der Waals surface area contributed by atoms with Crippen molar-refractivity contribution in [3.05, 3.63) is 72.4 Å². The lowest BCUT2D eigenvalue weighted by Gasteiger charge is -2.37. The van der Waals surface area contributed by atoms with Crippen LogP contribution in [0.1, 0.15) is 24.2 Å². The fraction of sp³-hybridized carbons (Fsp3) is 0.333. The van der Waals surface area contributed by atoms with Gasteiger partial charge in [0.05, 0.1) is 19.2 Å². The maximum absolute atomic E-state index is 13.6. The van der Waals surface area contributed by atoms with Crippen molar-refractivity contribution in [2.24, 2.45) is 5.92 Å². The highest BCUT2D eigenvalue weighted by molar-refractivity contribution is 5.98. The lowest BCUT2D eigenvalue weighted by molar-refractivity contribution is 0.0356. The van der Waals surface area contributed by atoms with Gasteiger partial charge in [0.25, 0.3) is 5.91 Å². The maximum atomic E-state index is 13.6. The van der Waals surface area contributed by atoms with Crippen LogP contribution in [-0.4, -0.2) is 75.7 Å². The first kappa shape index (κ1) is 26.0. The molecule has 3 amide bonds. The number of benzene rings is 1. The topological polar surface area (TPSA) is 108 Å². The number of fused-ring (bicyclic) bond motifs is 1. The first-order valence-electron chi connectivity index (χ1n) is 12.0. The lowest BCUT2D eigenvalue weighted by Crippen LogP contribution is -2.50. The first-order chi connectivity index (χ1) is 17.8. The average molecular weight is 508 g/mol. The zero-order valence-electron chi connectivity index (χ0n) is 21.0. The molecular weight excluding hydrogens is 477 g/mol. The van der Waals surface area contributed by atoms with E-state index in [4.69, 9.17) is 4.74 Å². The van der Waals surface area contributed by atoms with Crippen molar-refractivity contribution in [3.8, 4) is 17.0 Å². The van der Waals surface area contributed by atoms with Gasteiger partial charge in [-0.1, -0.05) is 13.0 Å². The van der Waals surface area contributed by atoms with E-state index in [1.807, 2.05) is 13.0 Å². The number of rotatable bonds is 6. The summed E-state index contributed by atoms with van der Waals surface area (Å²) in [5.74, 6) is -0.705. The number of hydrogen-bond donors (Lipinski definition) is 2. The van der Waals surface area contributed by atoms with Gasteiger partial charge in [-0.25, -0.2) is 14.2 Å². The zero-order valence-corrected chi connectivity index (χ0v) is 21.0. The number of carbonyl (C=O) groups excluding carboxylic acids is 2. The molecule has 0 aliphatic carbocycles. The van der Waals surface area contributed by atoms with Gasteiger partial charge in [0.1, 0.15) is 17.5 Å². The number of nitrogens with zero attached hydrogens (tertiary/aromatic N) is 4. The van der Waals surface area contributed by atoms with Gasteiger partial charge >= 0.3 is 6.03 Å². The summed E-state index contributed by atoms with van der Waals surface area (Å²) in [5, 5.41) is 12.6. The Morgan fingerprint density at radius 2 is 2.03 bits per heavy atom. The molecule has 3 atom stereocenters. The monoisotopic (exact) mass is 507 g/mol. The van der Waals surface area contributed by atoms with Crippen LogP contribution in [0.25, 0.3) is 11.1 Å². The van der Waals surface area contributed by atoms with Crippen molar-refractivity contribution in [1.82, 2.24) is 19.8 Å². The standard InChI is InChI=1S/C27H30FN5O4/c1-17-14-33(18(2)16-34)26(35)23-11-20(19-5-4-10-29-12-19)13-30-25(23)37-24(17)15-32(3)27(36)31-22-8-6-21(28)7-9-22/h4-13,17-18,24,34H,14-16H2,1-3H3,(H,31,36)/t17-,18-,24+/m1/s1. The van der Waals surface area contributed by atoms with Gasteiger partial charge in [-0.3, -0.25) is 9.78 Å². The van der Waals surface area contributed by atoms with Crippen LogP contribution >= 0.6 is 0 Å². The molecule has 3 aromatic rings. The third kappa shape index (κ3) is 6.03. The Labute approximate surface area is 214 Å². The summed E-state index contributed by atoms with van der Waals surface area (Å²) in [4.78, 5) is 38.0. The molecule has 194 valence electrons. The fourth-order valence-electron chi connectivity index (χ4n) is 4.12. The van der Waals surface area contributed by atoms with E-state index >= 15 is 0 Å². The van der Waals surface area contributed by atoms with Crippen LogP contribution in [-0.2, 0) is 0 Å². The number of amides is 3. The van der Waals surface area contributed by atoms with Crippen LogP contribution in [0.4, 0.5) is 14.9 Å². The van der Waals surface area contributed by atoms with Crippen molar-refractivity contribution in [2.45, 2.75) is 26.0 Å². The molecule has 0 spiro atoms. The van der Waals surface area contributed by atoms with E-state index in [2.05, 4.69) is 15.3 Å². The second kappa shape index (κ2) is 11.3. The van der Waals surface area contributed by atoms with Crippen LogP contribution in [0.5, 0.6) is 5.88 Å². The van der Waals surface area contributed by atoms with Gasteiger partial charge in [-0.15, -0.1) is 0 Å². The van der Waals surface area contributed by atoms with E-state index < -0.39 is 18.0 Å². The molecule has 10 heteroatoms. The molecule has 4 rings (SSSR count). The molecule has 9 nitrogen and oxygen atoms in total. The molecule has 3 heterocycles. The number of pyridine rings is 2. The molecule has 0 saturated heterocycles. The number of nitrogens with one attached hydrogen (secondary N) is 1. The second-order valence-electron chi connectivity index (χ2n) is 9.26. The Kier molecular flexibility index (Phi) is 7.98. The number of halogens is 1. The molecule has 0 saturated carbocycles. The van der Waals surface area contributed by atoms with Gasteiger partial charge in [-0.2, -0.15) is 0 Å². The van der Waals surface area contributed by atoms with E-state index in [9.17, 15) is 19.1 Å². The van der Waals surface area contributed by atoms with Gasteiger partial charge in [0.15, 0.2) is 0 Å². The maximum Gasteiger partial charge on any atom is 0.321 e. The summed E-state index contributed by atoms with van der Waals surface area (Å²) in [5.41, 5.74) is 2.25. The van der Waals surface area contributed by atoms with Crippen LogP contribution in [0, 0.1) is 11.7 Å². The van der Waals surface area contributed by atoms with Crippen molar-refractivity contribution in [1.29, 1.82) is 0 Å². The summed E-state index contributed by atoms with van der Waals surface area (Å²) in [6, 6.07) is 10.1. The first-order valence-corrected chi connectivity index (χ1v) is 12.0. The van der Waals surface area contributed by atoms with Crippen molar-refractivity contribution >= 4 is 17.6 Å². The minimum Gasteiger partial charge on any atom is -0.472 e. The zero-order chi connectivity index (χ0) is 26.5. The Balaban J connectivity index is 1.61. The number of anilines is 1. The van der Waals surface area contributed by atoms with Crippen LogP contribution in [0.15, 0.2) is 61.1 Å². The molecule has 2 aromatic heterocycles. The Morgan fingerprint density at radius 1 is 1.27 bits per heavy atom. The highest BCUT2D eigenvalue weighted by Crippen LogP contribution is 2.30. The number of likely N-dealkylation sites (N-methyl/N-ethyl adjacent to an activating group) is 1. The number of ether oxygens (including phenoxy) is 1. The summed E-state index contributed by atoms with van der Waals surface area (Å²) in [7, 11) is 1.63. The van der Waals surface area contributed by atoms with E-state index in [0.29, 0.717) is 17.8 Å². The van der Waals surface area contributed by atoms with Gasteiger partial charge in [0.2, 0.25) is 5.88 Å². The number of urea groups is 1. The minimum atomic E-state index is -0.499. The van der Waals surface area contributed by atoms with E-state index in [0.717, 1.165) is 5.56 Å². The molecule has 0 radical (unpaired) electrons. The Morgan fingerprint density at radius 3 is 2.70 bits per heavy atom. The minimum absolute atomic E-state index is 0.164.